The second-order valence-electron chi connectivity index (χ2n) is 6.87. The van der Waals surface area contributed by atoms with E-state index >= 15 is 0 Å². The lowest BCUT2D eigenvalue weighted by molar-refractivity contribution is -0.129. The molecule has 25 heavy (non-hydrogen) atoms. The van der Waals surface area contributed by atoms with E-state index in [0.717, 1.165) is 11.1 Å². The number of hydrogen-bond donors (Lipinski definition) is 0. The van der Waals surface area contributed by atoms with Crippen LogP contribution < -0.4 is 4.74 Å². The molecule has 0 fully saturated rings. The number of carbonyl (C=O) groups is 1. The fraction of sp³-hybridized carbons (Fsp3) is 0.174. The molecule has 2 rings (SSSR count). The molecule has 0 amide bonds. The molecule has 0 unspecified atom stereocenters. The Bertz CT molecular complexity index is 773. The molecule has 0 heterocycles. The molecule has 2 heteroatoms. The van der Waals surface area contributed by atoms with Crippen molar-refractivity contribution in [2.24, 2.45) is 5.41 Å². The normalized spacial score (nSPS) is 12.2. The SMILES string of the molecule is C=Cc1ccc(OC(=O)C(C=Cc2ccccc2)=CC(C)(C)C)cc1. The van der Waals surface area contributed by atoms with Crippen molar-refractivity contribution in [1.82, 2.24) is 0 Å². The van der Waals surface area contributed by atoms with Gasteiger partial charge in [-0.05, 0) is 34.8 Å². The van der Waals surface area contributed by atoms with E-state index in [1.807, 2.05) is 54.6 Å². The van der Waals surface area contributed by atoms with E-state index < -0.39 is 0 Å². The van der Waals surface area contributed by atoms with Gasteiger partial charge in [0, 0.05) is 0 Å². The first-order chi connectivity index (χ1) is 11.9. The van der Waals surface area contributed by atoms with Crippen molar-refractivity contribution in [2.45, 2.75) is 20.8 Å². The quantitative estimate of drug-likeness (QED) is 0.294. The van der Waals surface area contributed by atoms with E-state index in [1.54, 1.807) is 24.3 Å². The van der Waals surface area contributed by atoms with E-state index in [2.05, 4.69) is 27.4 Å². The highest BCUT2D eigenvalue weighted by Gasteiger charge is 2.15. The summed E-state index contributed by atoms with van der Waals surface area (Å²) >= 11 is 0. The summed E-state index contributed by atoms with van der Waals surface area (Å²) in [5.74, 6) is 0.150. The Morgan fingerprint density at radius 3 is 2.16 bits per heavy atom. The van der Waals surface area contributed by atoms with Crippen molar-refractivity contribution in [3.8, 4) is 5.75 Å². The zero-order valence-corrected chi connectivity index (χ0v) is 15.0. The Morgan fingerprint density at radius 1 is 0.960 bits per heavy atom. The summed E-state index contributed by atoms with van der Waals surface area (Å²) in [5, 5.41) is 0. The van der Waals surface area contributed by atoms with Gasteiger partial charge in [-0.15, -0.1) is 0 Å². The lowest BCUT2D eigenvalue weighted by atomic mass is 9.93. The molecule has 0 N–H and O–H groups in total. The molecular formula is C23H24O2. The Morgan fingerprint density at radius 2 is 1.60 bits per heavy atom. The number of allylic oxidation sites excluding steroid dienone is 1. The van der Waals surface area contributed by atoms with Crippen LogP contribution in [0.5, 0.6) is 5.75 Å². The van der Waals surface area contributed by atoms with Crippen LogP contribution in [0.25, 0.3) is 12.2 Å². The molecule has 0 saturated carbocycles. The Balaban J connectivity index is 2.22. The van der Waals surface area contributed by atoms with Crippen LogP contribution in [0.1, 0.15) is 31.9 Å². The van der Waals surface area contributed by atoms with Gasteiger partial charge in [-0.3, -0.25) is 0 Å². The molecule has 2 aromatic carbocycles. The maximum Gasteiger partial charge on any atom is 0.343 e. The van der Waals surface area contributed by atoms with Gasteiger partial charge in [0.25, 0.3) is 0 Å². The average molecular weight is 332 g/mol. The fourth-order valence-corrected chi connectivity index (χ4v) is 2.23. The van der Waals surface area contributed by atoms with Crippen LogP contribution in [0.4, 0.5) is 0 Å². The van der Waals surface area contributed by atoms with E-state index in [4.69, 9.17) is 4.74 Å². The molecule has 0 atom stereocenters. The van der Waals surface area contributed by atoms with Gasteiger partial charge >= 0.3 is 5.97 Å². The van der Waals surface area contributed by atoms with E-state index in [0.29, 0.717) is 11.3 Å². The third kappa shape index (κ3) is 6.27. The highest BCUT2D eigenvalue weighted by atomic mass is 16.5. The van der Waals surface area contributed by atoms with Crippen molar-refractivity contribution in [3.05, 3.63) is 90.0 Å². The number of carbonyl (C=O) groups excluding carboxylic acids is 1. The minimum Gasteiger partial charge on any atom is -0.423 e. The smallest absolute Gasteiger partial charge is 0.343 e. The van der Waals surface area contributed by atoms with Crippen LogP contribution in [-0.4, -0.2) is 5.97 Å². The standard InChI is InChI=1S/C23H24O2/c1-5-18-12-15-21(16-13-18)25-22(24)20(17-23(2,3)4)14-11-19-9-7-6-8-10-19/h5-17H,1H2,2-4H3. The largest absolute Gasteiger partial charge is 0.423 e. The maximum absolute atomic E-state index is 12.6. The lowest BCUT2D eigenvalue weighted by Gasteiger charge is -2.14. The van der Waals surface area contributed by atoms with Crippen LogP contribution in [-0.2, 0) is 4.79 Å². The van der Waals surface area contributed by atoms with Gasteiger partial charge in [0.05, 0.1) is 5.57 Å². The Labute approximate surface area is 150 Å². The first-order valence-electron chi connectivity index (χ1n) is 8.28. The predicted molar refractivity (Wildman–Crippen MR) is 105 cm³/mol. The maximum atomic E-state index is 12.6. The van der Waals surface area contributed by atoms with Crippen molar-refractivity contribution >= 4 is 18.1 Å². The van der Waals surface area contributed by atoms with Crippen molar-refractivity contribution in [1.29, 1.82) is 0 Å². The van der Waals surface area contributed by atoms with Crippen LogP contribution in [0, 0.1) is 5.41 Å². The van der Waals surface area contributed by atoms with Gasteiger partial charge in [-0.1, -0.05) is 88.0 Å². The van der Waals surface area contributed by atoms with Gasteiger partial charge in [0.2, 0.25) is 0 Å². The fourth-order valence-electron chi connectivity index (χ4n) is 2.23. The molecule has 0 aliphatic heterocycles. The molecule has 2 nitrogen and oxygen atoms in total. The first kappa shape index (κ1) is 18.5. The molecule has 0 aliphatic rings. The van der Waals surface area contributed by atoms with Crippen molar-refractivity contribution < 1.29 is 9.53 Å². The van der Waals surface area contributed by atoms with Gasteiger partial charge in [0.1, 0.15) is 5.75 Å². The van der Waals surface area contributed by atoms with E-state index in [1.165, 1.54) is 0 Å². The third-order valence-corrected chi connectivity index (χ3v) is 3.41. The van der Waals surface area contributed by atoms with E-state index in [-0.39, 0.29) is 11.4 Å². The summed E-state index contributed by atoms with van der Waals surface area (Å²) in [7, 11) is 0. The highest BCUT2D eigenvalue weighted by molar-refractivity contribution is 5.94. The third-order valence-electron chi connectivity index (χ3n) is 3.41. The van der Waals surface area contributed by atoms with Crippen molar-refractivity contribution in [2.75, 3.05) is 0 Å². The second-order valence-corrected chi connectivity index (χ2v) is 6.87. The van der Waals surface area contributed by atoms with E-state index in [9.17, 15) is 4.79 Å². The molecule has 0 spiro atoms. The predicted octanol–water partition coefficient (Wildman–Crippen LogP) is 5.92. The number of hydrogen-bond acceptors (Lipinski definition) is 2. The van der Waals surface area contributed by atoms with Crippen molar-refractivity contribution in [3.63, 3.8) is 0 Å². The summed E-state index contributed by atoms with van der Waals surface area (Å²) in [6.07, 6.45) is 7.40. The summed E-state index contributed by atoms with van der Waals surface area (Å²) in [5.41, 5.74) is 2.41. The van der Waals surface area contributed by atoms with Gasteiger partial charge in [-0.25, -0.2) is 4.79 Å². The summed E-state index contributed by atoms with van der Waals surface area (Å²) < 4.78 is 5.52. The topological polar surface area (TPSA) is 26.3 Å². The summed E-state index contributed by atoms with van der Waals surface area (Å²) in [6.45, 7) is 9.87. The number of ether oxygens (including phenoxy) is 1. The zero-order chi connectivity index (χ0) is 18.3. The first-order valence-corrected chi connectivity index (χ1v) is 8.28. The zero-order valence-electron chi connectivity index (χ0n) is 15.0. The van der Waals surface area contributed by atoms with Crippen LogP contribution in [0.3, 0.4) is 0 Å². The molecule has 0 saturated heterocycles. The van der Waals surface area contributed by atoms with Gasteiger partial charge < -0.3 is 4.74 Å². The minimum atomic E-state index is -0.367. The summed E-state index contributed by atoms with van der Waals surface area (Å²) in [6, 6.07) is 17.1. The molecule has 0 bridgehead atoms. The Kier molecular flexibility index (Phi) is 6.13. The average Bonchev–Trinajstić information content (AvgIpc) is 2.59. The van der Waals surface area contributed by atoms with Crippen LogP contribution in [0.2, 0.25) is 0 Å². The number of rotatable bonds is 5. The highest BCUT2D eigenvalue weighted by Crippen LogP contribution is 2.21. The second kappa shape index (κ2) is 8.29. The molecular weight excluding hydrogens is 308 g/mol. The molecule has 0 aliphatic carbocycles. The van der Waals surface area contributed by atoms with Crippen LogP contribution in [0.15, 0.2) is 78.9 Å². The molecule has 0 aromatic heterocycles. The van der Waals surface area contributed by atoms with Gasteiger partial charge in [0.15, 0.2) is 0 Å². The number of esters is 1. The van der Waals surface area contributed by atoms with Gasteiger partial charge in [-0.2, -0.15) is 0 Å². The lowest BCUT2D eigenvalue weighted by Crippen LogP contribution is -2.13. The monoisotopic (exact) mass is 332 g/mol. The molecule has 0 radical (unpaired) electrons. The molecule has 2 aromatic rings. The minimum absolute atomic E-state index is 0.137. The molecule has 128 valence electrons. The number of benzene rings is 2. The Hall–Kier alpha value is -2.87. The summed E-state index contributed by atoms with van der Waals surface area (Å²) in [4.78, 5) is 12.6. The van der Waals surface area contributed by atoms with Crippen LogP contribution >= 0.6 is 0 Å².